The van der Waals surface area contributed by atoms with E-state index < -0.39 is 5.60 Å². The van der Waals surface area contributed by atoms with Crippen LogP contribution in [0.3, 0.4) is 0 Å². The molecule has 0 aliphatic heterocycles. The zero-order valence-corrected chi connectivity index (χ0v) is 21.6. The van der Waals surface area contributed by atoms with Crippen molar-refractivity contribution in [2.75, 3.05) is 0 Å². The Labute approximate surface area is 205 Å². The van der Waals surface area contributed by atoms with E-state index in [1.54, 1.807) is 5.57 Å². The number of aliphatic hydroxyl groups is 1. The predicted octanol–water partition coefficient (Wildman–Crippen LogP) is 6.93. The SMILES string of the molecule is CCc1ccc([C@H]2C[C@@]3(C)[C@@H](CC[C@@]3(O)C#CC(C)(C)C)[C@@H]3CCC4=CC(=O)CCC4=C32)cc1. The Morgan fingerprint density at radius 2 is 1.82 bits per heavy atom. The Bertz CT molecular complexity index is 1120. The van der Waals surface area contributed by atoms with Crippen LogP contribution in [0.4, 0.5) is 0 Å². The monoisotopic (exact) mass is 456 g/mol. The van der Waals surface area contributed by atoms with Crippen molar-refractivity contribution in [1.29, 1.82) is 0 Å². The van der Waals surface area contributed by atoms with E-state index in [1.165, 1.54) is 22.3 Å². The minimum absolute atomic E-state index is 0.124. The highest BCUT2D eigenvalue weighted by atomic mass is 16.3. The smallest absolute Gasteiger partial charge is 0.156 e. The molecular weight excluding hydrogens is 416 g/mol. The molecule has 180 valence electrons. The lowest BCUT2D eigenvalue weighted by molar-refractivity contribution is -0.114. The van der Waals surface area contributed by atoms with Crippen molar-refractivity contribution in [3.8, 4) is 11.8 Å². The highest BCUT2D eigenvalue weighted by molar-refractivity contribution is 5.93. The quantitative estimate of drug-likeness (QED) is 0.490. The van der Waals surface area contributed by atoms with Gasteiger partial charge < -0.3 is 5.11 Å². The molecule has 1 N–H and O–H groups in total. The van der Waals surface area contributed by atoms with Crippen LogP contribution in [0.15, 0.2) is 47.1 Å². The number of aryl methyl sites for hydroxylation is 1. The molecule has 2 nitrogen and oxygen atoms in total. The molecule has 0 unspecified atom stereocenters. The first-order valence-electron chi connectivity index (χ1n) is 13.4. The minimum Gasteiger partial charge on any atom is -0.377 e. The molecule has 34 heavy (non-hydrogen) atoms. The molecule has 2 heteroatoms. The van der Waals surface area contributed by atoms with Gasteiger partial charge in [0.15, 0.2) is 5.78 Å². The molecule has 0 heterocycles. The number of benzene rings is 1. The van der Waals surface area contributed by atoms with Gasteiger partial charge in [0.25, 0.3) is 0 Å². The molecule has 2 saturated carbocycles. The van der Waals surface area contributed by atoms with Crippen molar-refractivity contribution in [2.45, 2.75) is 97.5 Å². The topological polar surface area (TPSA) is 37.3 Å². The summed E-state index contributed by atoms with van der Waals surface area (Å²) in [5.74, 6) is 8.30. The van der Waals surface area contributed by atoms with Gasteiger partial charge in [0.2, 0.25) is 0 Å². The minimum atomic E-state index is -0.943. The van der Waals surface area contributed by atoms with E-state index in [0.29, 0.717) is 18.3 Å². The van der Waals surface area contributed by atoms with Gasteiger partial charge in [-0.05, 0) is 106 Å². The molecule has 0 spiro atoms. The molecule has 2 fully saturated rings. The van der Waals surface area contributed by atoms with E-state index in [4.69, 9.17) is 0 Å². The summed E-state index contributed by atoms with van der Waals surface area (Å²) in [6.45, 7) is 10.9. The summed E-state index contributed by atoms with van der Waals surface area (Å²) in [5.41, 5.74) is 5.77. The third-order valence-electron chi connectivity index (χ3n) is 9.32. The van der Waals surface area contributed by atoms with Crippen molar-refractivity contribution in [2.24, 2.45) is 22.7 Å². The fraction of sp³-hybridized carbons (Fsp3) is 0.594. The molecule has 0 amide bonds. The molecule has 0 aromatic heterocycles. The maximum atomic E-state index is 12.2. The number of rotatable bonds is 2. The summed E-state index contributed by atoms with van der Waals surface area (Å²) in [6, 6.07) is 9.18. The third kappa shape index (κ3) is 3.81. The normalized spacial score (nSPS) is 35.1. The zero-order chi connectivity index (χ0) is 24.3. The third-order valence-corrected chi connectivity index (χ3v) is 9.32. The summed E-state index contributed by atoms with van der Waals surface area (Å²) in [5, 5.41) is 12.1. The molecule has 4 aliphatic carbocycles. The Morgan fingerprint density at radius 1 is 1.09 bits per heavy atom. The van der Waals surface area contributed by atoms with Gasteiger partial charge in [0, 0.05) is 23.2 Å². The second-order valence-electron chi connectivity index (χ2n) is 12.5. The molecule has 5 rings (SSSR count). The fourth-order valence-corrected chi connectivity index (χ4v) is 7.45. The first-order valence-corrected chi connectivity index (χ1v) is 13.4. The van der Waals surface area contributed by atoms with Crippen LogP contribution in [-0.2, 0) is 11.2 Å². The van der Waals surface area contributed by atoms with Crippen LogP contribution < -0.4 is 0 Å². The molecule has 0 saturated heterocycles. The lowest BCUT2D eigenvalue weighted by atomic mass is 9.51. The van der Waals surface area contributed by atoms with Gasteiger partial charge in [-0.25, -0.2) is 0 Å². The average molecular weight is 457 g/mol. The first-order chi connectivity index (χ1) is 16.0. The van der Waals surface area contributed by atoms with Crippen molar-refractivity contribution in [1.82, 2.24) is 0 Å². The van der Waals surface area contributed by atoms with Crippen molar-refractivity contribution in [3.05, 3.63) is 58.2 Å². The lowest BCUT2D eigenvalue weighted by Crippen LogP contribution is -2.51. The highest BCUT2D eigenvalue weighted by Crippen LogP contribution is 2.66. The largest absolute Gasteiger partial charge is 0.377 e. The van der Waals surface area contributed by atoms with Crippen LogP contribution in [0.1, 0.15) is 96.6 Å². The van der Waals surface area contributed by atoms with Gasteiger partial charge in [-0.15, -0.1) is 0 Å². The van der Waals surface area contributed by atoms with E-state index in [9.17, 15) is 9.90 Å². The van der Waals surface area contributed by atoms with Gasteiger partial charge in [-0.3, -0.25) is 4.79 Å². The number of hydrogen-bond acceptors (Lipinski definition) is 2. The number of fused-ring (bicyclic) bond motifs is 4. The van der Waals surface area contributed by atoms with Crippen molar-refractivity contribution >= 4 is 5.78 Å². The Hall–Kier alpha value is -2.11. The van der Waals surface area contributed by atoms with Crippen LogP contribution in [0.5, 0.6) is 0 Å². The van der Waals surface area contributed by atoms with Crippen LogP contribution >= 0.6 is 0 Å². The maximum absolute atomic E-state index is 12.2. The number of allylic oxidation sites excluding steroid dienone is 4. The lowest BCUT2D eigenvalue weighted by Gasteiger charge is -2.53. The molecule has 0 bridgehead atoms. The standard InChI is InChI=1S/C32H40O2/c1-6-21-7-9-22(10-8-21)27-20-31(5)28(15-16-32(31,34)18-17-30(2,3)4)26-13-11-23-19-24(33)12-14-25(23)29(26)27/h7-10,19,26-28,34H,6,11-16,20H2,1-5H3/t26-,27+,28-,31-,32+/m0/s1. The van der Waals surface area contributed by atoms with E-state index in [1.807, 2.05) is 6.08 Å². The van der Waals surface area contributed by atoms with E-state index in [2.05, 4.69) is 70.7 Å². The Morgan fingerprint density at radius 3 is 2.50 bits per heavy atom. The molecular formula is C32H40O2. The van der Waals surface area contributed by atoms with E-state index >= 15 is 0 Å². The zero-order valence-electron chi connectivity index (χ0n) is 21.6. The van der Waals surface area contributed by atoms with E-state index in [-0.39, 0.29) is 22.5 Å². The number of carbonyl (C=O) groups is 1. The van der Waals surface area contributed by atoms with E-state index in [0.717, 1.165) is 44.9 Å². The van der Waals surface area contributed by atoms with Crippen LogP contribution in [0, 0.1) is 34.5 Å². The fourth-order valence-electron chi connectivity index (χ4n) is 7.45. The Balaban J connectivity index is 1.65. The summed E-state index contributed by atoms with van der Waals surface area (Å²) >= 11 is 0. The number of carbonyl (C=O) groups excluding carboxylic acids is 1. The maximum Gasteiger partial charge on any atom is 0.156 e. The summed E-state index contributed by atoms with van der Waals surface area (Å²) in [4.78, 5) is 12.2. The Kier molecular flexibility index (Phi) is 5.72. The van der Waals surface area contributed by atoms with Crippen LogP contribution in [0.2, 0.25) is 0 Å². The molecule has 5 atom stereocenters. The van der Waals surface area contributed by atoms with Crippen molar-refractivity contribution in [3.63, 3.8) is 0 Å². The molecule has 1 aromatic carbocycles. The summed E-state index contributed by atoms with van der Waals surface area (Å²) in [7, 11) is 0. The van der Waals surface area contributed by atoms with Gasteiger partial charge >= 0.3 is 0 Å². The van der Waals surface area contributed by atoms with Crippen molar-refractivity contribution < 1.29 is 9.90 Å². The molecule has 1 aromatic rings. The molecule has 4 aliphatic rings. The van der Waals surface area contributed by atoms with Crippen LogP contribution in [-0.4, -0.2) is 16.5 Å². The first kappa shape index (κ1) is 23.6. The van der Waals surface area contributed by atoms with Gasteiger partial charge in [0.1, 0.15) is 5.60 Å². The van der Waals surface area contributed by atoms with Gasteiger partial charge in [0.05, 0.1) is 0 Å². The summed E-state index contributed by atoms with van der Waals surface area (Å²) < 4.78 is 0. The number of hydrogen-bond donors (Lipinski definition) is 1. The van der Waals surface area contributed by atoms with Crippen LogP contribution in [0.25, 0.3) is 0 Å². The second-order valence-corrected chi connectivity index (χ2v) is 12.5. The van der Waals surface area contributed by atoms with Gasteiger partial charge in [-0.1, -0.05) is 55.5 Å². The predicted molar refractivity (Wildman–Crippen MR) is 138 cm³/mol. The van der Waals surface area contributed by atoms with Gasteiger partial charge in [-0.2, -0.15) is 0 Å². The highest BCUT2D eigenvalue weighted by Gasteiger charge is 2.62. The average Bonchev–Trinajstić information content (AvgIpc) is 3.07. The molecule has 0 radical (unpaired) electrons. The number of ketones is 1. The summed E-state index contributed by atoms with van der Waals surface area (Å²) in [6.07, 6.45) is 9.31. The second kappa shape index (κ2) is 8.23.